The molecule has 2 atom stereocenters. The fraction of sp³-hybridized carbons (Fsp3) is 0.333. The van der Waals surface area contributed by atoms with Crippen LogP contribution in [0.3, 0.4) is 0 Å². The van der Waals surface area contributed by atoms with Gasteiger partial charge in [-0.1, -0.05) is 70.0 Å². The van der Waals surface area contributed by atoms with Gasteiger partial charge in [-0.05, 0) is 29.5 Å². The molecule has 1 aliphatic heterocycles. The fourth-order valence-corrected chi connectivity index (χ4v) is 4.69. The molecule has 1 fully saturated rings. The average molecular weight is 313 g/mol. The first kappa shape index (κ1) is 15.4. The maximum absolute atomic E-state index is 12.9. The van der Waals surface area contributed by atoms with E-state index in [4.69, 9.17) is 0 Å². The first-order chi connectivity index (χ1) is 10.7. The van der Waals surface area contributed by atoms with Crippen molar-refractivity contribution in [2.75, 3.05) is 13.1 Å². The predicted octanol–water partition coefficient (Wildman–Crippen LogP) is 4.78. The van der Waals surface area contributed by atoms with Crippen molar-refractivity contribution in [2.45, 2.75) is 25.9 Å². The number of nitrogens with zero attached hydrogens (tertiary/aromatic N) is 2. The second kappa shape index (κ2) is 6.70. The standard InChI is InChI=1S/C18H22N2OP/c1-15(17-9-5-3-6-10-17)19-13-14-20(22(19)21)16(2)18-11-7-4-8-12-18/h3-12,15-16H,13-14H2,1-2H3/q+1/t15-,16-/m1/s1. The van der Waals surface area contributed by atoms with E-state index in [1.807, 2.05) is 36.4 Å². The van der Waals surface area contributed by atoms with E-state index >= 15 is 0 Å². The molecule has 2 aromatic rings. The van der Waals surface area contributed by atoms with Crippen LogP contribution in [0.2, 0.25) is 0 Å². The Bertz CT molecular complexity index is 577. The molecule has 0 spiro atoms. The molecular formula is C18H22N2OP+. The Morgan fingerprint density at radius 2 is 1.14 bits per heavy atom. The van der Waals surface area contributed by atoms with Gasteiger partial charge in [0.05, 0.1) is 25.2 Å². The van der Waals surface area contributed by atoms with Gasteiger partial charge in [0.1, 0.15) is 0 Å². The van der Waals surface area contributed by atoms with E-state index in [1.54, 1.807) is 0 Å². The summed E-state index contributed by atoms with van der Waals surface area (Å²) in [4.78, 5) is 0. The Hall–Kier alpha value is -1.54. The summed E-state index contributed by atoms with van der Waals surface area (Å²) >= 11 is 0. The average Bonchev–Trinajstić information content (AvgIpc) is 2.96. The number of hydrogen-bond acceptors (Lipinski definition) is 1. The largest absolute Gasteiger partial charge is 0.538 e. The summed E-state index contributed by atoms with van der Waals surface area (Å²) in [5.74, 6) is 0. The van der Waals surface area contributed by atoms with Gasteiger partial charge in [0.2, 0.25) is 0 Å². The Labute approximate surface area is 133 Å². The molecule has 0 bridgehead atoms. The Morgan fingerprint density at radius 3 is 1.50 bits per heavy atom. The molecule has 114 valence electrons. The lowest BCUT2D eigenvalue weighted by Crippen LogP contribution is -2.17. The summed E-state index contributed by atoms with van der Waals surface area (Å²) in [5.41, 5.74) is 2.44. The quantitative estimate of drug-likeness (QED) is 0.759. The fourth-order valence-electron chi connectivity index (χ4n) is 3.01. The van der Waals surface area contributed by atoms with Crippen LogP contribution < -0.4 is 0 Å². The van der Waals surface area contributed by atoms with Crippen LogP contribution in [0.5, 0.6) is 0 Å². The highest BCUT2D eigenvalue weighted by atomic mass is 31.1. The minimum Gasteiger partial charge on any atom is -0.0703 e. The van der Waals surface area contributed by atoms with Crippen LogP contribution in [0, 0.1) is 0 Å². The molecule has 0 amide bonds. The lowest BCUT2D eigenvalue weighted by atomic mass is 10.1. The Kier molecular flexibility index (Phi) is 4.68. The minimum absolute atomic E-state index is 0.179. The molecule has 0 aliphatic carbocycles. The van der Waals surface area contributed by atoms with E-state index < -0.39 is 8.10 Å². The van der Waals surface area contributed by atoms with Gasteiger partial charge in [-0.15, -0.1) is 0 Å². The van der Waals surface area contributed by atoms with Gasteiger partial charge >= 0.3 is 8.10 Å². The van der Waals surface area contributed by atoms with E-state index in [-0.39, 0.29) is 12.1 Å². The molecule has 0 N–H and O–H groups in total. The highest BCUT2D eigenvalue weighted by molar-refractivity contribution is 7.39. The van der Waals surface area contributed by atoms with Crippen molar-refractivity contribution in [3.63, 3.8) is 0 Å². The maximum atomic E-state index is 12.9. The molecule has 1 heterocycles. The van der Waals surface area contributed by atoms with E-state index in [9.17, 15) is 4.57 Å². The summed E-state index contributed by atoms with van der Waals surface area (Å²) in [6.45, 7) is 5.98. The zero-order valence-electron chi connectivity index (χ0n) is 13.1. The molecule has 0 saturated carbocycles. The normalized spacial score (nSPS) is 19.3. The van der Waals surface area contributed by atoms with Gasteiger partial charge < -0.3 is 0 Å². The van der Waals surface area contributed by atoms with Crippen molar-refractivity contribution < 1.29 is 4.57 Å². The first-order valence-corrected chi connectivity index (χ1v) is 8.95. The summed E-state index contributed by atoms with van der Waals surface area (Å²) in [5, 5.41) is 0. The first-order valence-electron chi connectivity index (χ1n) is 7.78. The summed E-state index contributed by atoms with van der Waals surface area (Å²) in [7, 11) is -1.50. The number of hydrogen-bond donors (Lipinski definition) is 0. The second-order valence-electron chi connectivity index (χ2n) is 5.75. The summed E-state index contributed by atoms with van der Waals surface area (Å²) in [6.07, 6.45) is 0. The van der Waals surface area contributed by atoms with Crippen molar-refractivity contribution in [1.29, 1.82) is 0 Å². The van der Waals surface area contributed by atoms with Crippen molar-refractivity contribution in [1.82, 2.24) is 9.34 Å². The molecule has 3 rings (SSSR count). The number of benzene rings is 2. The molecule has 0 aromatic heterocycles. The molecule has 22 heavy (non-hydrogen) atoms. The minimum atomic E-state index is -1.50. The molecule has 2 aromatic carbocycles. The van der Waals surface area contributed by atoms with Crippen LogP contribution in [0.25, 0.3) is 0 Å². The predicted molar refractivity (Wildman–Crippen MR) is 90.7 cm³/mol. The molecule has 0 unspecified atom stereocenters. The molecule has 0 radical (unpaired) electrons. The molecule has 1 saturated heterocycles. The van der Waals surface area contributed by atoms with Crippen LogP contribution in [0.4, 0.5) is 0 Å². The number of rotatable bonds is 4. The van der Waals surface area contributed by atoms with Crippen LogP contribution in [0.1, 0.15) is 37.1 Å². The second-order valence-corrected chi connectivity index (χ2v) is 7.29. The van der Waals surface area contributed by atoms with Crippen LogP contribution >= 0.6 is 8.10 Å². The molecule has 1 aliphatic rings. The van der Waals surface area contributed by atoms with Gasteiger partial charge in [-0.25, -0.2) is 0 Å². The molecule has 3 nitrogen and oxygen atoms in total. The van der Waals surface area contributed by atoms with Crippen molar-refractivity contribution in [3.05, 3.63) is 71.8 Å². The van der Waals surface area contributed by atoms with Crippen molar-refractivity contribution in [2.24, 2.45) is 0 Å². The van der Waals surface area contributed by atoms with E-state index in [2.05, 4.69) is 47.5 Å². The summed E-state index contributed by atoms with van der Waals surface area (Å²) in [6, 6.07) is 21.0. The topological polar surface area (TPSA) is 23.6 Å². The van der Waals surface area contributed by atoms with Gasteiger partial charge in [-0.2, -0.15) is 0 Å². The van der Waals surface area contributed by atoms with Gasteiger partial charge in [0.15, 0.2) is 0 Å². The van der Waals surface area contributed by atoms with E-state index in [0.29, 0.717) is 0 Å². The third kappa shape index (κ3) is 2.98. The summed E-state index contributed by atoms with van der Waals surface area (Å²) < 4.78 is 17.2. The lowest BCUT2D eigenvalue weighted by Gasteiger charge is -2.16. The van der Waals surface area contributed by atoms with Crippen molar-refractivity contribution >= 4 is 8.10 Å². The van der Waals surface area contributed by atoms with Crippen LogP contribution in [-0.2, 0) is 4.57 Å². The third-order valence-corrected chi connectivity index (χ3v) is 6.43. The van der Waals surface area contributed by atoms with Crippen LogP contribution in [0.15, 0.2) is 60.7 Å². The van der Waals surface area contributed by atoms with E-state index in [0.717, 1.165) is 13.1 Å². The molecular weight excluding hydrogens is 291 g/mol. The highest BCUT2D eigenvalue weighted by Crippen LogP contribution is 2.48. The van der Waals surface area contributed by atoms with Crippen molar-refractivity contribution in [3.8, 4) is 0 Å². The van der Waals surface area contributed by atoms with E-state index in [1.165, 1.54) is 11.1 Å². The third-order valence-electron chi connectivity index (χ3n) is 4.46. The van der Waals surface area contributed by atoms with Gasteiger partial charge in [0, 0.05) is 0 Å². The van der Waals surface area contributed by atoms with Crippen LogP contribution in [-0.4, -0.2) is 22.4 Å². The monoisotopic (exact) mass is 313 g/mol. The Morgan fingerprint density at radius 1 is 0.773 bits per heavy atom. The lowest BCUT2D eigenvalue weighted by molar-refractivity contribution is 0.377. The van der Waals surface area contributed by atoms with Gasteiger partial charge in [0.25, 0.3) is 0 Å². The molecule has 4 heteroatoms. The maximum Gasteiger partial charge on any atom is 0.538 e. The smallest absolute Gasteiger partial charge is 0.0703 e. The zero-order chi connectivity index (χ0) is 15.5. The van der Waals surface area contributed by atoms with Gasteiger partial charge in [-0.3, -0.25) is 0 Å². The Balaban J connectivity index is 1.75. The SMILES string of the molecule is C[C@H](c1ccccc1)N1CCN([C@H](C)c2ccccc2)[P+]1=O. The zero-order valence-corrected chi connectivity index (χ0v) is 14.0. The highest BCUT2D eigenvalue weighted by Gasteiger charge is 2.48.